The molecule has 0 atom stereocenters. The molecule has 0 unspecified atom stereocenters. The molecule has 3 N–H and O–H groups in total. The van der Waals surface area contributed by atoms with Crippen molar-refractivity contribution >= 4 is 50.3 Å². The summed E-state index contributed by atoms with van der Waals surface area (Å²) in [5.41, 5.74) is 4.52. The first-order chi connectivity index (χ1) is 15.7. The van der Waals surface area contributed by atoms with E-state index in [0.717, 1.165) is 64.2 Å². The van der Waals surface area contributed by atoms with Crippen LogP contribution < -0.4 is 5.32 Å². The van der Waals surface area contributed by atoms with Gasteiger partial charge < -0.3 is 14.8 Å². The number of nitrogens with one attached hydrogen (secondary N) is 2. The number of imidazole rings is 1. The van der Waals surface area contributed by atoms with Gasteiger partial charge in [-0.2, -0.15) is 5.10 Å². The second-order valence-corrected chi connectivity index (χ2v) is 9.48. The average Bonchev–Trinajstić information content (AvgIpc) is 3.55. The number of benzene rings is 1. The summed E-state index contributed by atoms with van der Waals surface area (Å²) in [6.45, 7) is 0. The molecule has 32 heavy (non-hydrogen) atoms. The highest BCUT2D eigenvalue weighted by atomic mass is 35.5. The molecule has 4 heterocycles. The molecule has 0 bridgehead atoms. The van der Waals surface area contributed by atoms with E-state index >= 15 is 0 Å². The Balaban J connectivity index is 1.30. The Hall–Kier alpha value is -3.01. The molecule has 0 amide bonds. The lowest BCUT2D eigenvalue weighted by Crippen LogP contribution is -2.17. The van der Waals surface area contributed by atoms with Crippen molar-refractivity contribution in [3.8, 4) is 10.6 Å². The fourth-order valence-corrected chi connectivity index (χ4v) is 5.38. The van der Waals surface area contributed by atoms with E-state index in [4.69, 9.17) is 16.6 Å². The zero-order valence-corrected chi connectivity index (χ0v) is 18.6. The number of halogens is 1. The lowest BCUT2D eigenvalue weighted by molar-refractivity contribution is 0.122. The molecule has 0 radical (unpaired) electrons. The second kappa shape index (κ2) is 7.84. The monoisotopic (exact) mass is 465 g/mol. The molecule has 1 saturated carbocycles. The number of aliphatic hydroxyl groups is 1. The number of pyridine rings is 1. The summed E-state index contributed by atoms with van der Waals surface area (Å²) in [4.78, 5) is 4.94. The first-order valence-electron chi connectivity index (χ1n) is 10.5. The molecular weight excluding hydrogens is 446 g/mol. The van der Waals surface area contributed by atoms with Crippen LogP contribution >= 0.6 is 22.9 Å². The van der Waals surface area contributed by atoms with Crippen LogP contribution in [0.4, 0.5) is 10.8 Å². The third kappa shape index (κ3) is 3.42. The normalized spacial score (nSPS) is 19.1. The first-order valence-corrected chi connectivity index (χ1v) is 11.7. The van der Waals surface area contributed by atoms with Gasteiger partial charge in [-0.15, -0.1) is 10.2 Å². The Labute approximate surface area is 192 Å². The fourth-order valence-electron chi connectivity index (χ4n) is 4.34. The van der Waals surface area contributed by atoms with Gasteiger partial charge in [0.1, 0.15) is 5.65 Å². The summed E-state index contributed by atoms with van der Waals surface area (Å²) in [5, 5.41) is 31.6. The van der Waals surface area contributed by atoms with Gasteiger partial charge in [0.15, 0.2) is 5.01 Å². The van der Waals surface area contributed by atoms with E-state index in [1.807, 2.05) is 34.9 Å². The maximum absolute atomic E-state index is 9.81. The minimum absolute atomic E-state index is 0.172. The Morgan fingerprint density at radius 3 is 2.91 bits per heavy atom. The number of hydrogen-bond donors (Lipinski definition) is 3. The van der Waals surface area contributed by atoms with Crippen LogP contribution in [0.2, 0.25) is 5.02 Å². The highest BCUT2D eigenvalue weighted by molar-refractivity contribution is 7.18. The van der Waals surface area contributed by atoms with Crippen LogP contribution in [0.5, 0.6) is 0 Å². The molecule has 5 aromatic rings. The van der Waals surface area contributed by atoms with Crippen molar-refractivity contribution in [2.75, 3.05) is 5.32 Å². The molecule has 8 nitrogen and oxygen atoms in total. The number of aliphatic hydroxyl groups excluding tert-OH is 1. The molecule has 6 rings (SSSR count). The summed E-state index contributed by atoms with van der Waals surface area (Å²) >= 11 is 7.98. The third-order valence-corrected chi connectivity index (χ3v) is 7.35. The Morgan fingerprint density at radius 2 is 2.03 bits per heavy atom. The Morgan fingerprint density at radius 1 is 1.16 bits per heavy atom. The minimum Gasteiger partial charge on any atom is -0.393 e. The number of aromatic nitrogens is 6. The molecule has 0 aliphatic heterocycles. The van der Waals surface area contributed by atoms with Gasteiger partial charge in [0.2, 0.25) is 5.13 Å². The van der Waals surface area contributed by atoms with E-state index in [1.165, 1.54) is 11.3 Å². The maximum atomic E-state index is 9.81. The van der Waals surface area contributed by atoms with Crippen LogP contribution in [0.1, 0.15) is 37.3 Å². The van der Waals surface area contributed by atoms with E-state index in [0.29, 0.717) is 16.1 Å². The molecule has 162 valence electrons. The predicted octanol–water partition coefficient (Wildman–Crippen LogP) is 5.14. The first kappa shape index (κ1) is 19.7. The molecule has 1 aliphatic carbocycles. The van der Waals surface area contributed by atoms with E-state index in [2.05, 4.69) is 31.9 Å². The summed E-state index contributed by atoms with van der Waals surface area (Å²) in [6, 6.07) is 7.84. The zero-order chi connectivity index (χ0) is 21.7. The van der Waals surface area contributed by atoms with E-state index in [-0.39, 0.29) is 6.10 Å². The van der Waals surface area contributed by atoms with Gasteiger partial charge in [-0.1, -0.05) is 22.9 Å². The molecular formula is C22H20ClN7OS. The molecule has 0 spiro atoms. The SMILES string of the molecule is OC1CCC(c2cn3cccc(-c4nnc(Nc5ccc6[nH]ncc6c5Cl)s4)c3n2)CC1. The van der Waals surface area contributed by atoms with Crippen molar-refractivity contribution in [3.05, 3.63) is 53.6 Å². The Kier molecular flexibility index (Phi) is 4.82. The largest absolute Gasteiger partial charge is 0.393 e. The summed E-state index contributed by atoms with van der Waals surface area (Å²) < 4.78 is 2.05. The van der Waals surface area contributed by atoms with Gasteiger partial charge in [0.05, 0.1) is 39.8 Å². The highest BCUT2D eigenvalue weighted by Gasteiger charge is 2.24. The number of H-pyrrole nitrogens is 1. The topological polar surface area (TPSA) is 104 Å². The van der Waals surface area contributed by atoms with Crippen molar-refractivity contribution in [1.82, 2.24) is 29.8 Å². The van der Waals surface area contributed by atoms with Crippen molar-refractivity contribution < 1.29 is 5.11 Å². The van der Waals surface area contributed by atoms with Gasteiger partial charge in [0.25, 0.3) is 0 Å². The maximum Gasteiger partial charge on any atom is 0.210 e. The van der Waals surface area contributed by atoms with Gasteiger partial charge in [0, 0.05) is 23.7 Å². The number of anilines is 2. The van der Waals surface area contributed by atoms with E-state index in [1.54, 1.807) is 6.20 Å². The number of hydrogen-bond acceptors (Lipinski definition) is 7. The molecule has 1 aromatic carbocycles. The quantitative estimate of drug-likeness (QED) is 0.339. The predicted molar refractivity (Wildman–Crippen MR) is 126 cm³/mol. The van der Waals surface area contributed by atoms with Gasteiger partial charge in [-0.05, 0) is 49.9 Å². The highest BCUT2D eigenvalue weighted by Crippen LogP contribution is 2.37. The van der Waals surface area contributed by atoms with Gasteiger partial charge in [-0.25, -0.2) is 4.98 Å². The average molecular weight is 466 g/mol. The molecule has 1 fully saturated rings. The zero-order valence-electron chi connectivity index (χ0n) is 17.0. The van der Waals surface area contributed by atoms with Crippen molar-refractivity contribution in [1.29, 1.82) is 0 Å². The van der Waals surface area contributed by atoms with Crippen molar-refractivity contribution in [3.63, 3.8) is 0 Å². The number of rotatable bonds is 4. The van der Waals surface area contributed by atoms with E-state index < -0.39 is 0 Å². The van der Waals surface area contributed by atoms with Crippen molar-refractivity contribution in [2.24, 2.45) is 0 Å². The minimum atomic E-state index is -0.172. The van der Waals surface area contributed by atoms with Crippen LogP contribution in [0.25, 0.3) is 27.1 Å². The molecule has 4 aromatic heterocycles. The fraction of sp³-hybridized carbons (Fsp3) is 0.273. The summed E-state index contributed by atoms with van der Waals surface area (Å²) in [5.74, 6) is 0.387. The van der Waals surface area contributed by atoms with E-state index in [9.17, 15) is 5.11 Å². The van der Waals surface area contributed by atoms with Crippen LogP contribution in [0, 0.1) is 0 Å². The number of fused-ring (bicyclic) bond motifs is 2. The standard InChI is InChI=1S/C22H20ClN7OS/c23-19-15-10-24-27-16(15)7-8-17(19)26-22-29-28-21(32-22)14-2-1-9-30-11-18(25-20(14)30)12-3-5-13(31)6-4-12/h1-2,7-13,31H,3-6H2,(H,24,27)(H,26,29). The Bertz CT molecular complexity index is 1420. The third-order valence-electron chi connectivity index (χ3n) is 6.07. The smallest absolute Gasteiger partial charge is 0.210 e. The lowest BCUT2D eigenvalue weighted by atomic mass is 9.86. The molecule has 0 saturated heterocycles. The van der Waals surface area contributed by atoms with Crippen LogP contribution in [-0.4, -0.2) is 41.0 Å². The summed E-state index contributed by atoms with van der Waals surface area (Å²) in [6.07, 6.45) is 9.25. The second-order valence-electron chi connectivity index (χ2n) is 8.12. The molecule has 1 aliphatic rings. The van der Waals surface area contributed by atoms with Crippen molar-refractivity contribution in [2.45, 2.75) is 37.7 Å². The summed E-state index contributed by atoms with van der Waals surface area (Å²) in [7, 11) is 0. The molecule has 10 heteroatoms. The van der Waals surface area contributed by atoms with Gasteiger partial charge in [-0.3, -0.25) is 5.10 Å². The van der Waals surface area contributed by atoms with Crippen LogP contribution in [0.3, 0.4) is 0 Å². The number of nitrogens with zero attached hydrogens (tertiary/aromatic N) is 5. The lowest BCUT2D eigenvalue weighted by Gasteiger charge is -2.23. The van der Waals surface area contributed by atoms with Gasteiger partial charge >= 0.3 is 0 Å². The van der Waals surface area contributed by atoms with Crippen LogP contribution in [0.15, 0.2) is 42.9 Å². The number of aromatic amines is 1. The van der Waals surface area contributed by atoms with Crippen LogP contribution in [-0.2, 0) is 0 Å².